The molecule has 0 radical (unpaired) electrons. The Morgan fingerprint density at radius 3 is 2.00 bits per heavy atom. The molecular formula is CH4AlLiO3. The van der Waals surface area contributed by atoms with Gasteiger partial charge in [0.2, 0.25) is 0 Å². The number of carboxylic acid groups (broad SMARTS) is 1. The Hall–Kier alpha value is 0.400. The summed E-state index contributed by atoms with van der Waals surface area (Å²) in [7, 11) is 0. The van der Waals surface area contributed by atoms with E-state index in [0.717, 1.165) is 0 Å². The van der Waals surface area contributed by atoms with Gasteiger partial charge in [0.25, 0.3) is 0 Å². The molecule has 0 aromatic rings. The molecule has 0 bridgehead atoms. The topological polar surface area (TPSA) is 46.5 Å². The van der Waals surface area contributed by atoms with E-state index in [0.29, 0.717) is 0 Å². The Morgan fingerprint density at radius 1 is 1.83 bits per heavy atom. The molecule has 0 heterocycles. The van der Waals surface area contributed by atoms with Gasteiger partial charge >= 0.3 is 41.6 Å². The standard InChI is InChI=1S/CH2O3.Al.Li.3H/c2-1(3)4;;;;;/h(H2,2,3,4);;;;;/q;+1;;;;/p-1. The molecular weight excluding hydrogens is 93.9 g/mol. The third kappa shape index (κ3) is 8.83. The summed E-state index contributed by atoms with van der Waals surface area (Å²) in [4.78, 5) is 9.18. The van der Waals surface area contributed by atoms with E-state index in [2.05, 4.69) is 3.79 Å². The number of carbonyl (C=O) groups is 1. The molecule has 0 aliphatic heterocycles. The van der Waals surface area contributed by atoms with Gasteiger partial charge in [-0.25, -0.2) is 4.79 Å². The molecule has 1 N–H and O–H groups in total. The molecule has 5 heteroatoms. The van der Waals surface area contributed by atoms with Gasteiger partial charge in [0, 0.05) is 0 Å². The van der Waals surface area contributed by atoms with Crippen LogP contribution < -0.4 is 0 Å². The fraction of sp³-hybridized carbons (Fsp3) is 0. The quantitative estimate of drug-likeness (QED) is 0.378. The van der Waals surface area contributed by atoms with Crippen molar-refractivity contribution in [3.8, 4) is 0 Å². The van der Waals surface area contributed by atoms with Crippen molar-refractivity contribution in [2.24, 2.45) is 0 Å². The number of rotatable bonds is 0. The number of hydrogen-bond donors (Lipinski definition) is 1. The predicted molar refractivity (Wildman–Crippen MR) is 24.8 cm³/mol. The van der Waals surface area contributed by atoms with Gasteiger partial charge in [0.1, 0.15) is 0 Å². The second kappa shape index (κ2) is 5.40. The monoisotopic (exact) mass is 98.0 g/mol. The van der Waals surface area contributed by atoms with E-state index >= 15 is 0 Å². The van der Waals surface area contributed by atoms with Crippen molar-refractivity contribution in [3.05, 3.63) is 0 Å². The van der Waals surface area contributed by atoms with E-state index in [1.54, 1.807) is 0 Å². The van der Waals surface area contributed by atoms with Gasteiger partial charge in [0.05, 0.1) is 0 Å². The fourth-order valence-corrected chi connectivity index (χ4v) is 0. The minimum atomic E-state index is -1.18. The molecule has 0 spiro atoms. The summed E-state index contributed by atoms with van der Waals surface area (Å²) in [5.74, 6) is 0. The summed E-state index contributed by atoms with van der Waals surface area (Å²) in [5.41, 5.74) is 0. The first-order valence-electron chi connectivity index (χ1n) is 1.04. The maximum atomic E-state index is 9.18. The van der Waals surface area contributed by atoms with Crippen molar-refractivity contribution < 1.29 is 13.7 Å². The Labute approximate surface area is 55.6 Å². The number of hydrogen-bond acceptors (Lipinski definition) is 2. The Bertz CT molecular complexity index is 46.1. The molecule has 6 heavy (non-hydrogen) atoms. The van der Waals surface area contributed by atoms with Crippen LogP contribution in [0.25, 0.3) is 0 Å². The SMILES string of the molecule is O=C(O)[O][AlH2].[LiH]. The van der Waals surface area contributed by atoms with Crippen molar-refractivity contribution >= 4 is 41.6 Å². The van der Waals surface area contributed by atoms with E-state index in [4.69, 9.17) is 5.11 Å². The summed E-state index contributed by atoms with van der Waals surface area (Å²) in [6, 6.07) is 0. The summed E-state index contributed by atoms with van der Waals surface area (Å²) in [6.45, 7) is 0. The van der Waals surface area contributed by atoms with Crippen molar-refractivity contribution in [1.29, 1.82) is 0 Å². The normalized spacial score (nSPS) is 5.33. The van der Waals surface area contributed by atoms with Gasteiger partial charge in [-0.05, 0) is 0 Å². The first kappa shape index (κ1) is 9.64. The third-order valence-corrected chi connectivity index (χ3v) is 0.524. The van der Waals surface area contributed by atoms with E-state index in [-0.39, 0.29) is 35.5 Å². The van der Waals surface area contributed by atoms with Gasteiger partial charge in [-0.2, -0.15) is 0 Å². The molecule has 0 atom stereocenters. The molecule has 0 aromatic heterocycles. The second-order valence-electron chi connectivity index (χ2n) is 0.470. The maximum absolute atomic E-state index is 9.18. The molecule has 0 unspecified atom stereocenters. The van der Waals surface area contributed by atoms with Crippen molar-refractivity contribution in [3.63, 3.8) is 0 Å². The molecule has 0 aliphatic carbocycles. The van der Waals surface area contributed by atoms with Crippen LogP contribution in [0.15, 0.2) is 0 Å². The third-order valence-electron chi connectivity index (χ3n) is 0.175. The molecule has 0 saturated carbocycles. The van der Waals surface area contributed by atoms with Crippen LogP contribution in [0.1, 0.15) is 0 Å². The molecule has 3 nitrogen and oxygen atoms in total. The Balaban J connectivity index is 0. The zero-order valence-electron chi connectivity index (χ0n) is 2.76. The van der Waals surface area contributed by atoms with E-state index in [1.807, 2.05) is 0 Å². The summed E-state index contributed by atoms with van der Waals surface area (Å²) in [5, 5.41) is 7.53. The van der Waals surface area contributed by atoms with Crippen LogP contribution in [0.4, 0.5) is 4.79 Å². The van der Waals surface area contributed by atoms with E-state index in [1.165, 1.54) is 0 Å². The van der Waals surface area contributed by atoms with Gasteiger partial charge in [0.15, 0.2) is 0 Å². The van der Waals surface area contributed by atoms with Crippen molar-refractivity contribution in [2.75, 3.05) is 0 Å². The molecule has 0 saturated heterocycles. The first-order chi connectivity index (χ1) is 2.27. The van der Waals surface area contributed by atoms with Crippen LogP contribution >= 0.6 is 0 Å². The molecule has 0 fully saturated rings. The average molecular weight is 98.0 g/mol. The Morgan fingerprint density at radius 2 is 2.00 bits per heavy atom. The first-order valence-corrected chi connectivity index (χ1v) is 1.86. The fourth-order valence-electron chi connectivity index (χ4n) is 0. The Kier molecular flexibility index (Phi) is 8.68. The van der Waals surface area contributed by atoms with E-state index in [9.17, 15) is 4.79 Å². The van der Waals surface area contributed by atoms with Crippen LogP contribution in [-0.4, -0.2) is 46.7 Å². The average Bonchev–Trinajstić information content (AvgIpc) is 1.38. The molecule has 0 rings (SSSR count). The minimum absolute atomic E-state index is 0. The molecule has 0 aromatic carbocycles. The summed E-state index contributed by atoms with van der Waals surface area (Å²) in [6.07, 6.45) is -1.18. The van der Waals surface area contributed by atoms with Gasteiger partial charge in [-0.3, -0.25) is 0 Å². The second-order valence-corrected chi connectivity index (χ2v) is 0.878. The molecule has 0 aliphatic rings. The van der Waals surface area contributed by atoms with Gasteiger partial charge in [-0.15, -0.1) is 0 Å². The zero-order chi connectivity index (χ0) is 4.28. The predicted octanol–water partition coefficient (Wildman–Crippen LogP) is -1.42. The van der Waals surface area contributed by atoms with Crippen LogP contribution in [0, 0.1) is 0 Å². The van der Waals surface area contributed by atoms with E-state index < -0.39 is 6.16 Å². The van der Waals surface area contributed by atoms with Gasteiger partial charge < -0.3 is 8.90 Å². The summed E-state index contributed by atoms with van der Waals surface area (Å²) < 4.78 is 3.81. The van der Waals surface area contributed by atoms with Crippen LogP contribution in [0.3, 0.4) is 0 Å². The van der Waals surface area contributed by atoms with Crippen LogP contribution in [0.5, 0.6) is 0 Å². The summed E-state index contributed by atoms with van der Waals surface area (Å²) >= 11 is 0.274. The van der Waals surface area contributed by atoms with Gasteiger partial charge in [-0.1, -0.05) is 0 Å². The van der Waals surface area contributed by atoms with Crippen molar-refractivity contribution in [1.82, 2.24) is 0 Å². The van der Waals surface area contributed by atoms with Crippen molar-refractivity contribution in [2.45, 2.75) is 0 Å². The van der Waals surface area contributed by atoms with Crippen LogP contribution in [0.2, 0.25) is 0 Å². The molecule has 30 valence electrons. The van der Waals surface area contributed by atoms with Crippen LogP contribution in [-0.2, 0) is 3.79 Å². The molecule has 0 amide bonds. The zero-order valence-corrected chi connectivity index (χ0v) is 4.76.